The van der Waals surface area contributed by atoms with Gasteiger partial charge in [-0.05, 0) is 45.3 Å². The number of carbonyl (C=O) groups is 1. The third-order valence-corrected chi connectivity index (χ3v) is 4.78. The second kappa shape index (κ2) is 4.20. The van der Waals surface area contributed by atoms with Gasteiger partial charge in [-0.2, -0.15) is 0 Å². The first-order chi connectivity index (χ1) is 8.62. The van der Waals surface area contributed by atoms with Crippen LogP contribution in [0.3, 0.4) is 0 Å². The molecule has 2 aliphatic rings. The molecule has 2 nitrogen and oxygen atoms in total. The van der Waals surface area contributed by atoms with E-state index in [0.29, 0.717) is 11.8 Å². The molecule has 18 heavy (non-hydrogen) atoms. The molecule has 1 heterocycles. The summed E-state index contributed by atoms with van der Waals surface area (Å²) in [5, 5.41) is 0. The molecule has 1 aliphatic carbocycles. The standard InChI is InChI=1S/C16H21NO/c1-12(2)17-9-7-16(8-10-17)11-15(18)13-5-3-4-6-14(13)16/h3-6,12H,7-11H2,1-2H3. The number of rotatable bonds is 1. The molecule has 2 heteroatoms. The van der Waals surface area contributed by atoms with E-state index in [1.54, 1.807) is 0 Å². The Bertz CT molecular complexity index is 470. The van der Waals surface area contributed by atoms with Crippen molar-refractivity contribution in [3.63, 3.8) is 0 Å². The monoisotopic (exact) mass is 243 g/mol. The summed E-state index contributed by atoms with van der Waals surface area (Å²) in [7, 11) is 0. The SMILES string of the molecule is CC(C)N1CCC2(CC1)CC(=O)c1ccccc12. The van der Waals surface area contributed by atoms with Crippen molar-refractivity contribution in [1.82, 2.24) is 4.90 Å². The maximum atomic E-state index is 12.1. The molecule has 0 saturated carbocycles. The summed E-state index contributed by atoms with van der Waals surface area (Å²) in [6.07, 6.45) is 3.00. The van der Waals surface area contributed by atoms with Crippen LogP contribution in [-0.4, -0.2) is 29.8 Å². The first-order valence-electron chi connectivity index (χ1n) is 6.99. The molecule has 0 unspecified atom stereocenters. The number of hydrogen-bond donors (Lipinski definition) is 0. The van der Waals surface area contributed by atoms with Gasteiger partial charge in [-0.15, -0.1) is 0 Å². The lowest BCUT2D eigenvalue weighted by Crippen LogP contribution is -2.44. The van der Waals surface area contributed by atoms with Crippen molar-refractivity contribution in [3.05, 3.63) is 35.4 Å². The van der Waals surface area contributed by atoms with E-state index in [9.17, 15) is 4.79 Å². The van der Waals surface area contributed by atoms with Crippen LogP contribution in [0.4, 0.5) is 0 Å². The van der Waals surface area contributed by atoms with E-state index in [-0.39, 0.29) is 5.41 Å². The van der Waals surface area contributed by atoms with Crippen molar-refractivity contribution in [1.29, 1.82) is 0 Å². The van der Waals surface area contributed by atoms with Gasteiger partial charge < -0.3 is 4.90 Å². The van der Waals surface area contributed by atoms with Crippen LogP contribution in [0.1, 0.15) is 49.0 Å². The smallest absolute Gasteiger partial charge is 0.164 e. The van der Waals surface area contributed by atoms with Crippen LogP contribution in [0, 0.1) is 0 Å². The molecule has 96 valence electrons. The highest BCUT2D eigenvalue weighted by molar-refractivity contribution is 6.02. The lowest BCUT2D eigenvalue weighted by atomic mass is 9.73. The van der Waals surface area contributed by atoms with Gasteiger partial charge in [0.1, 0.15) is 0 Å². The van der Waals surface area contributed by atoms with Crippen LogP contribution in [0.5, 0.6) is 0 Å². The minimum atomic E-state index is 0.152. The number of benzene rings is 1. The highest BCUT2D eigenvalue weighted by Gasteiger charge is 2.44. The van der Waals surface area contributed by atoms with Crippen molar-refractivity contribution in [2.45, 2.75) is 44.6 Å². The van der Waals surface area contributed by atoms with E-state index in [2.05, 4.69) is 30.9 Å². The summed E-state index contributed by atoms with van der Waals surface area (Å²) in [5.41, 5.74) is 2.45. The second-order valence-electron chi connectivity index (χ2n) is 6.06. The first-order valence-corrected chi connectivity index (χ1v) is 6.99. The number of ketones is 1. The van der Waals surface area contributed by atoms with Gasteiger partial charge >= 0.3 is 0 Å². The molecule has 0 amide bonds. The average molecular weight is 243 g/mol. The lowest BCUT2D eigenvalue weighted by Gasteiger charge is -2.41. The Morgan fingerprint density at radius 2 is 1.83 bits per heavy atom. The minimum Gasteiger partial charge on any atom is -0.301 e. The topological polar surface area (TPSA) is 20.3 Å². The largest absolute Gasteiger partial charge is 0.301 e. The van der Waals surface area contributed by atoms with E-state index in [1.807, 2.05) is 12.1 Å². The van der Waals surface area contributed by atoms with E-state index in [1.165, 1.54) is 5.56 Å². The minimum absolute atomic E-state index is 0.152. The van der Waals surface area contributed by atoms with Crippen molar-refractivity contribution in [2.75, 3.05) is 13.1 Å². The number of Topliss-reactive ketones (excluding diaryl/α,β-unsaturated/α-hetero) is 1. The van der Waals surface area contributed by atoms with Gasteiger partial charge in [-0.3, -0.25) is 4.79 Å². The molecular weight excluding hydrogens is 222 g/mol. The van der Waals surface area contributed by atoms with Crippen molar-refractivity contribution in [2.24, 2.45) is 0 Å². The number of likely N-dealkylation sites (tertiary alicyclic amines) is 1. The Kier molecular flexibility index (Phi) is 2.78. The zero-order valence-electron chi connectivity index (χ0n) is 11.3. The van der Waals surface area contributed by atoms with Crippen LogP contribution >= 0.6 is 0 Å². The molecule has 1 aromatic rings. The van der Waals surface area contributed by atoms with Gasteiger partial charge in [-0.25, -0.2) is 0 Å². The van der Waals surface area contributed by atoms with Gasteiger partial charge in [0.25, 0.3) is 0 Å². The van der Waals surface area contributed by atoms with Crippen LogP contribution in [0.2, 0.25) is 0 Å². The Labute approximate surface area is 109 Å². The molecule has 1 aromatic carbocycles. The van der Waals surface area contributed by atoms with Gasteiger partial charge in [0.2, 0.25) is 0 Å². The molecule has 0 aromatic heterocycles. The Hall–Kier alpha value is -1.15. The highest BCUT2D eigenvalue weighted by atomic mass is 16.1. The number of nitrogens with zero attached hydrogens (tertiary/aromatic N) is 1. The average Bonchev–Trinajstić information content (AvgIpc) is 2.64. The van der Waals surface area contributed by atoms with Gasteiger partial charge in [0, 0.05) is 23.4 Å². The van der Waals surface area contributed by atoms with Crippen LogP contribution in [-0.2, 0) is 5.41 Å². The summed E-state index contributed by atoms with van der Waals surface area (Å²) in [4.78, 5) is 14.7. The summed E-state index contributed by atoms with van der Waals surface area (Å²) >= 11 is 0. The molecule has 1 spiro atoms. The molecule has 3 rings (SSSR count). The zero-order chi connectivity index (χ0) is 12.8. The number of carbonyl (C=O) groups excluding carboxylic acids is 1. The molecule has 1 fully saturated rings. The third-order valence-electron chi connectivity index (χ3n) is 4.78. The summed E-state index contributed by atoms with van der Waals surface area (Å²) in [5.74, 6) is 0.351. The normalized spacial score (nSPS) is 22.7. The van der Waals surface area contributed by atoms with Gasteiger partial charge in [0.15, 0.2) is 5.78 Å². The molecule has 0 N–H and O–H groups in total. The molecular formula is C16H21NO. The fraction of sp³-hybridized carbons (Fsp3) is 0.562. The molecule has 1 saturated heterocycles. The molecule has 0 bridgehead atoms. The molecule has 0 atom stereocenters. The predicted molar refractivity (Wildman–Crippen MR) is 73.0 cm³/mol. The highest BCUT2D eigenvalue weighted by Crippen LogP contribution is 2.46. The fourth-order valence-electron chi connectivity index (χ4n) is 3.60. The zero-order valence-corrected chi connectivity index (χ0v) is 11.3. The summed E-state index contributed by atoms with van der Waals surface area (Å²) in [6, 6.07) is 8.86. The summed E-state index contributed by atoms with van der Waals surface area (Å²) < 4.78 is 0. The molecule has 1 aliphatic heterocycles. The van der Waals surface area contributed by atoms with E-state index in [4.69, 9.17) is 0 Å². The first kappa shape index (κ1) is 11.9. The number of piperidine rings is 1. The van der Waals surface area contributed by atoms with E-state index in [0.717, 1.165) is 37.9 Å². The van der Waals surface area contributed by atoms with Crippen molar-refractivity contribution >= 4 is 5.78 Å². The Morgan fingerprint density at radius 1 is 1.17 bits per heavy atom. The predicted octanol–water partition coefficient (Wildman–Crippen LogP) is 3.02. The Balaban J connectivity index is 1.89. The van der Waals surface area contributed by atoms with Gasteiger partial charge in [0.05, 0.1) is 0 Å². The van der Waals surface area contributed by atoms with Crippen LogP contribution in [0.15, 0.2) is 24.3 Å². The maximum absolute atomic E-state index is 12.1. The Morgan fingerprint density at radius 3 is 2.50 bits per heavy atom. The number of fused-ring (bicyclic) bond motifs is 2. The fourth-order valence-corrected chi connectivity index (χ4v) is 3.60. The number of hydrogen-bond acceptors (Lipinski definition) is 2. The summed E-state index contributed by atoms with van der Waals surface area (Å²) in [6.45, 7) is 6.76. The van der Waals surface area contributed by atoms with E-state index < -0.39 is 0 Å². The maximum Gasteiger partial charge on any atom is 0.164 e. The van der Waals surface area contributed by atoms with E-state index >= 15 is 0 Å². The quantitative estimate of drug-likeness (QED) is 0.755. The van der Waals surface area contributed by atoms with Gasteiger partial charge in [-0.1, -0.05) is 24.3 Å². The molecule has 0 radical (unpaired) electrons. The van der Waals surface area contributed by atoms with Crippen LogP contribution in [0.25, 0.3) is 0 Å². The lowest BCUT2D eigenvalue weighted by molar-refractivity contribution is 0.0912. The van der Waals surface area contributed by atoms with Crippen LogP contribution < -0.4 is 0 Å². The second-order valence-corrected chi connectivity index (χ2v) is 6.06. The third kappa shape index (κ3) is 1.71. The van der Waals surface area contributed by atoms with Crippen molar-refractivity contribution < 1.29 is 4.79 Å². The van der Waals surface area contributed by atoms with Crippen molar-refractivity contribution in [3.8, 4) is 0 Å².